The molecule has 1 N–H and O–H groups in total. The molecule has 2 aromatic heterocycles. The van der Waals surface area contributed by atoms with Gasteiger partial charge in [0.1, 0.15) is 11.4 Å². The number of hydrogen-bond donors (Lipinski definition) is 1. The number of anilines is 1. The van der Waals surface area contributed by atoms with Gasteiger partial charge in [-0.1, -0.05) is 6.07 Å². The molecule has 0 unspecified atom stereocenters. The molecule has 132 valence electrons. The molecule has 0 saturated heterocycles. The number of hydrogen-bond acceptors (Lipinski definition) is 5. The fraction of sp³-hybridized carbons (Fsp3) is 0.0588. The molecule has 0 fully saturated rings. The summed E-state index contributed by atoms with van der Waals surface area (Å²) in [6.07, 6.45) is 1.45. The van der Waals surface area contributed by atoms with Gasteiger partial charge in [-0.05, 0) is 36.4 Å². The number of nitrogens with zero attached hydrogens (tertiary/aromatic N) is 2. The molecule has 0 amide bonds. The lowest BCUT2D eigenvalue weighted by atomic mass is 10.2. The Labute approximate surface area is 146 Å². The van der Waals surface area contributed by atoms with Gasteiger partial charge in [0.25, 0.3) is 10.0 Å². The molecule has 0 radical (unpaired) electrons. The maximum Gasteiger partial charge on any atom is 0.364 e. The average molecular weight is 373 g/mol. The highest BCUT2D eigenvalue weighted by Gasteiger charge is 2.18. The Balaban J connectivity index is 1.89. The lowest BCUT2D eigenvalue weighted by Gasteiger charge is -2.09. The van der Waals surface area contributed by atoms with Crippen molar-refractivity contribution in [2.75, 3.05) is 4.72 Å². The minimum absolute atomic E-state index is 0.0504. The molecule has 0 bridgehead atoms. The molecule has 2 aromatic carbocycles. The third-order valence-electron chi connectivity index (χ3n) is 3.93. The third-order valence-corrected chi connectivity index (χ3v) is 5.31. The first-order valence-corrected chi connectivity index (χ1v) is 9.00. The molecule has 0 spiro atoms. The Morgan fingerprint density at radius 1 is 1.19 bits per heavy atom. The molecule has 4 aromatic rings. The van der Waals surface area contributed by atoms with Gasteiger partial charge in [-0.3, -0.25) is 4.72 Å². The molecule has 7 nitrogen and oxygen atoms in total. The van der Waals surface area contributed by atoms with Crippen LogP contribution in [0.15, 0.2) is 62.9 Å². The van der Waals surface area contributed by atoms with E-state index in [0.717, 1.165) is 6.07 Å². The van der Waals surface area contributed by atoms with E-state index in [2.05, 4.69) is 9.71 Å². The Kier molecular flexibility index (Phi) is 3.55. The van der Waals surface area contributed by atoms with Crippen LogP contribution in [-0.2, 0) is 17.1 Å². The largest absolute Gasteiger partial charge is 0.421 e. The first-order valence-electron chi connectivity index (χ1n) is 7.51. The van der Waals surface area contributed by atoms with Gasteiger partial charge in [-0.15, -0.1) is 0 Å². The van der Waals surface area contributed by atoms with E-state index in [9.17, 15) is 17.6 Å². The van der Waals surface area contributed by atoms with E-state index in [4.69, 9.17) is 4.42 Å². The fourth-order valence-corrected chi connectivity index (χ4v) is 3.84. The highest BCUT2D eigenvalue weighted by atomic mass is 32.2. The minimum atomic E-state index is -3.96. The number of imidazole rings is 1. The second-order valence-electron chi connectivity index (χ2n) is 5.72. The topological polar surface area (TPSA) is 94.2 Å². The van der Waals surface area contributed by atoms with Crippen molar-refractivity contribution in [3.63, 3.8) is 0 Å². The van der Waals surface area contributed by atoms with Crippen LogP contribution in [0, 0.1) is 5.82 Å². The first kappa shape index (κ1) is 16.3. The smallest absolute Gasteiger partial charge is 0.364 e. The second kappa shape index (κ2) is 5.67. The number of rotatable bonds is 3. The number of benzene rings is 2. The summed E-state index contributed by atoms with van der Waals surface area (Å²) >= 11 is 0. The van der Waals surface area contributed by atoms with E-state index < -0.39 is 21.5 Å². The van der Waals surface area contributed by atoms with Gasteiger partial charge < -0.3 is 8.98 Å². The van der Waals surface area contributed by atoms with Crippen LogP contribution in [0.4, 0.5) is 10.1 Å². The molecule has 9 heteroatoms. The summed E-state index contributed by atoms with van der Waals surface area (Å²) < 4.78 is 47.7. The van der Waals surface area contributed by atoms with Crippen LogP contribution in [0.2, 0.25) is 0 Å². The Morgan fingerprint density at radius 2 is 2.00 bits per heavy atom. The summed E-state index contributed by atoms with van der Waals surface area (Å²) in [5.74, 6) is -0.554. The number of aryl methyl sites for hydroxylation is 1. The summed E-state index contributed by atoms with van der Waals surface area (Å²) in [7, 11) is -2.27. The van der Waals surface area contributed by atoms with E-state index in [1.54, 1.807) is 11.6 Å². The van der Waals surface area contributed by atoms with Crippen molar-refractivity contribution in [2.24, 2.45) is 7.05 Å². The summed E-state index contributed by atoms with van der Waals surface area (Å²) in [5.41, 5.74) is 0.347. The maximum atomic E-state index is 13.3. The fourth-order valence-electron chi connectivity index (χ4n) is 2.76. The van der Waals surface area contributed by atoms with Crippen molar-refractivity contribution in [1.29, 1.82) is 0 Å². The monoisotopic (exact) mass is 373 g/mol. The van der Waals surface area contributed by atoms with Crippen LogP contribution in [0.5, 0.6) is 0 Å². The van der Waals surface area contributed by atoms with Crippen LogP contribution in [0.1, 0.15) is 0 Å². The van der Waals surface area contributed by atoms with E-state index in [0.29, 0.717) is 10.9 Å². The van der Waals surface area contributed by atoms with E-state index in [1.165, 1.54) is 42.7 Å². The van der Waals surface area contributed by atoms with Gasteiger partial charge in [-0.25, -0.2) is 22.6 Å². The molecule has 0 saturated carbocycles. The molecule has 0 aliphatic carbocycles. The van der Waals surface area contributed by atoms with Crippen molar-refractivity contribution in [1.82, 2.24) is 9.55 Å². The van der Waals surface area contributed by atoms with Crippen LogP contribution < -0.4 is 10.3 Å². The number of sulfonamides is 1. The zero-order valence-electron chi connectivity index (χ0n) is 13.4. The first-order chi connectivity index (χ1) is 12.3. The van der Waals surface area contributed by atoms with Gasteiger partial charge in [0.15, 0.2) is 5.52 Å². The van der Waals surface area contributed by atoms with E-state index in [1.807, 2.05) is 0 Å². The normalized spacial score (nSPS) is 11.9. The zero-order valence-corrected chi connectivity index (χ0v) is 14.2. The molecular weight excluding hydrogens is 361 g/mol. The maximum absolute atomic E-state index is 13.3. The number of nitrogens with one attached hydrogen (secondary N) is 1. The Bertz CT molecular complexity index is 1330. The Morgan fingerprint density at radius 3 is 2.77 bits per heavy atom. The second-order valence-corrected chi connectivity index (χ2v) is 7.40. The summed E-state index contributed by atoms with van der Waals surface area (Å²) in [6, 6.07) is 9.26. The van der Waals surface area contributed by atoms with Gasteiger partial charge in [0.05, 0.1) is 22.4 Å². The van der Waals surface area contributed by atoms with Crippen molar-refractivity contribution >= 4 is 37.7 Å². The van der Waals surface area contributed by atoms with Gasteiger partial charge >= 0.3 is 5.63 Å². The SMILES string of the molecule is Cn1cnc2c(=O)oc3ccc(S(=O)(=O)Nc4cccc(F)c4)cc3c21. The average Bonchev–Trinajstić information content (AvgIpc) is 2.97. The molecule has 2 heterocycles. The molecule has 26 heavy (non-hydrogen) atoms. The standard InChI is InChI=1S/C17H12FN3O4S/c1-21-9-19-15-16(21)13-8-12(5-6-14(13)25-17(15)22)26(23,24)20-11-4-2-3-10(18)7-11/h2-9,20H,1H3. The highest BCUT2D eigenvalue weighted by molar-refractivity contribution is 7.92. The van der Waals surface area contributed by atoms with E-state index in [-0.39, 0.29) is 21.7 Å². The van der Waals surface area contributed by atoms with Crippen LogP contribution >= 0.6 is 0 Å². The molecule has 0 atom stereocenters. The summed E-state index contributed by atoms with van der Waals surface area (Å²) in [6.45, 7) is 0. The van der Waals surface area contributed by atoms with Crippen molar-refractivity contribution in [2.45, 2.75) is 4.90 Å². The van der Waals surface area contributed by atoms with Crippen LogP contribution in [0.25, 0.3) is 22.0 Å². The highest BCUT2D eigenvalue weighted by Crippen LogP contribution is 2.26. The molecule has 0 aliphatic heterocycles. The quantitative estimate of drug-likeness (QED) is 0.557. The molecule has 0 aliphatic rings. The predicted octanol–water partition coefficient (Wildman–Crippen LogP) is 2.62. The van der Waals surface area contributed by atoms with Gasteiger partial charge in [0.2, 0.25) is 0 Å². The third kappa shape index (κ3) is 2.62. The van der Waals surface area contributed by atoms with Crippen molar-refractivity contribution in [3.8, 4) is 0 Å². The summed E-state index contributed by atoms with van der Waals surface area (Å²) in [5, 5.41) is 0.432. The van der Waals surface area contributed by atoms with Crippen molar-refractivity contribution < 1.29 is 17.2 Å². The number of halogens is 1. The number of aromatic nitrogens is 2. The summed E-state index contributed by atoms with van der Waals surface area (Å²) in [4.78, 5) is 15.9. The van der Waals surface area contributed by atoms with Gasteiger partial charge in [0, 0.05) is 12.4 Å². The van der Waals surface area contributed by atoms with Crippen molar-refractivity contribution in [3.05, 3.63) is 65.0 Å². The van der Waals surface area contributed by atoms with Gasteiger partial charge in [-0.2, -0.15) is 0 Å². The Hall–Kier alpha value is -3.20. The lowest BCUT2D eigenvalue weighted by molar-refractivity contribution is 0.567. The predicted molar refractivity (Wildman–Crippen MR) is 94.0 cm³/mol. The minimum Gasteiger partial charge on any atom is -0.421 e. The molecular formula is C17H12FN3O4S. The number of fused-ring (bicyclic) bond motifs is 3. The van der Waals surface area contributed by atoms with E-state index >= 15 is 0 Å². The van der Waals surface area contributed by atoms with Crippen LogP contribution in [-0.4, -0.2) is 18.0 Å². The van der Waals surface area contributed by atoms with Crippen LogP contribution in [0.3, 0.4) is 0 Å². The molecule has 4 rings (SSSR count). The lowest BCUT2D eigenvalue weighted by Crippen LogP contribution is -2.13. The zero-order chi connectivity index (χ0) is 18.5.